The molecule has 2 aromatic carbocycles. The summed E-state index contributed by atoms with van der Waals surface area (Å²) in [4.78, 5) is 16.5. The van der Waals surface area contributed by atoms with E-state index >= 15 is 0 Å². The largest absolute Gasteiger partial charge is 0.497 e. The quantitative estimate of drug-likeness (QED) is 0.228. The van der Waals surface area contributed by atoms with Gasteiger partial charge in [0.1, 0.15) is 11.4 Å². The number of carbonyl (C=O) groups excluding carboxylic acids is 1. The number of rotatable bonds is 14. The third kappa shape index (κ3) is 7.99. The third-order valence-corrected chi connectivity index (χ3v) is 8.50. The van der Waals surface area contributed by atoms with Crippen molar-refractivity contribution in [2.24, 2.45) is 5.92 Å². The molecule has 4 aromatic rings. The Morgan fingerprint density at radius 1 is 1.02 bits per heavy atom. The van der Waals surface area contributed by atoms with Gasteiger partial charge in [0.15, 0.2) is 0 Å². The van der Waals surface area contributed by atoms with E-state index in [0.29, 0.717) is 23.4 Å². The lowest BCUT2D eigenvalue weighted by molar-refractivity contribution is 0.0821. The number of pyridine rings is 1. The van der Waals surface area contributed by atoms with Crippen molar-refractivity contribution in [2.75, 3.05) is 20.2 Å². The van der Waals surface area contributed by atoms with Gasteiger partial charge in [0, 0.05) is 31.0 Å². The monoisotopic (exact) mass is 592 g/mol. The van der Waals surface area contributed by atoms with Gasteiger partial charge in [0.25, 0.3) is 5.91 Å². The average Bonchev–Trinajstić information content (AvgIpc) is 3.47. The van der Waals surface area contributed by atoms with E-state index in [1.807, 2.05) is 44.2 Å². The Morgan fingerprint density at radius 2 is 1.71 bits per heavy atom. The Morgan fingerprint density at radius 3 is 2.36 bits per heavy atom. The van der Waals surface area contributed by atoms with E-state index in [-0.39, 0.29) is 36.4 Å². The van der Waals surface area contributed by atoms with Crippen LogP contribution in [0, 0.1) is 5.92 Å². The number of hydrogen-bond donors (Lipinski definition) is 2. The summed E-state index contributed by atoms with van der Waals surface area (Å²) in [5.41, 5.74) is 1.91. The number of hydrogen-bond acceptors (Lipinski definition) is 8. The number of nitrogens with one attached hydrogen (secondary N) is 1. The number of sulfonamides is 1. The summed E-state index contributed by atoms with van der Waals surface area (Å²) in [5, 5.41) is 22.8. The number of aromatic nitrogens is 4. The first-order chi connectivity index (χ1) is 20.2. The summed E-state index contributed by atoms with van der Waals surface area (Å²) in [6.45, 7) is 4.04. The maximum atomic E-state index is 13.7. The van der Waals surface area contributed by atoms with Crippen molar-refractivity contribution < 1.29 is 23.1 Å². The van der Waals surface area contributed by atoms with Gasteiger partial charge in [-0.3, -0.25) is 9.78 Å². The van der Waals surface area contributed by atoms with Crippen LogP contribution >= 0.6 is 0 Å². The van der Waals surface area contributed by atoms with E-state index in [1.54, 1.807) is 35.1 Å². The van der Waals surface area contributed by atoms with Crippen LogP contribution in [-0.4, -0.2) is 70.0 Å². The van der Waals surface area contributed by atoms with E-state index in [2.05, 4.69) is 20.6 Å². The van der Waals surface area contributed by atoms with Gasteiger partial charge in [-0.25, -0.2) is 13.1 Å². The lowest BCUT2D eigenvalue weighted by Crippen LogP contribution is -2.43. The summed E-state index contributed by atoms with van der Waals surface area (Å²) < 4.78 is 35.4. The Hall–Kier alpha value is -4.13. The minimum atomic E-state index is -3.92. The molecule has 12 heteroatoms. The van der Waals surface area contributed by atoms with Crippen molar-refractivity contribution in [3.8, 4) is 5.75 Å². The van der Waals surface area contributed by atoms with Gasteiger partial charge in [-0.1, -0.05) is 49.4 Å². The fourth-order valence-electron chi connectivity index (χ4n) is 4.50. The second-order valence-corrected chi connectivity index (χ2v) is 12.3. The molecule has 2 N–H and O–H groups in total. The van der Waals surface area contributed by atoms with E-state index in [9.17, 15) is 18.3 Å². The molecule has 0 radical (unpaired) electrons. The third-order valence-electron chi connectivity index (χ3n) is 6.66. The van der Waals surface area contributed by atoms with Gasteiger partial charge in [-0.15, -0.1) is 5.10 Å². The standard InChI is InChI=1S/C30H36N6O5S/c1-22(2)19-35(42(39,40)27-11-9-26(41-3)10-12-27)21-29(37)28(17-23-7-5-4-6-8-23)36-20-25(33-34-36)18-32-30(38)24-13-15-31-16-14-24/h4-16,20,22,28-29,37H,17-19,21H2,1-3H3,(H,32,38)/t28-,29+/m0/s1. The van der Waals surface area contributed by atoms with Crippen LogP contribution in [0.2, 0.25) is 0 Å². The number of nitrogens with zero attached hydrogens (tertiary/aromatic N) is 5. The molecule has 0 aliphatic rings. The second kappa shape index (κ2) is 14.2. The van der Waals surface area contributed by atoms with Crippen molar-refractivity contribution in [3.63, 3.8) is 0 Å². The minimum Gasteiger partial charge on any atom is -0.497 e. The molecule has 0 aliphatic carbocycles. The molecule has 0 aliphatic heterocycles. The molecule has 4 rings (SSSR count). The Bertz CT molecular complexity index is 1530. The van der Waals surface area contributed by atoms with Crippen LogP contribution in [0.15, 0.2) is 90.2 Å². The van der Waals surface area contributed by atoms with Crippen LogP contribution in [0.25, 0.3) is 0 Å². The van der Waals surface area contributed by atoms with Gasteiger partial charge >= 0.3 is 0 Å². The maximum Gasteiger partial charge on any atom is 0.251 e. The van der Waals surface area contributed by atoms with E-state index in [1.165, 1.54) is 35.9 Å². The van der Waals surface area contributed by atoms with Gasteiger partial charge in [-0.2, -0.15) is 4.31 Å². The van der Waals surface area contributed by atoms with Crippen LogP contribution in [0.5, 0.6) is 5.75 Å². The summed E-state index contributed by atoms with van der Waals surface area (Å²) in [6, 6.07) is 18.4. The highest BCUT2D eigenvalue weighted by Gasteiger charge is 2.32. The first-order valence-electron chi connectivity index (χ1n) is 13.6. The Labute approximate surface area is 246 Å². The van der Waals surface area contributed by atoms with Gasteiger partial charge < -0.3 is 15.2 Å². The first-order valence-corrected chi connectivity index (χ1v) is 15.1. The maximum absolute atomic E-state index is 13.7. The Balaban J connectivity index is 1.57. The predicted molar refractivity (Wildman–Crippen MR) is 157 cm³/mol. The van der Waals surface area contributed by atoms with Crippen molar-refractivity contribution in [1.82, 2.24) is 29.6 Å². The number of carbonyl (C=O) groups is 1. The fraction of sp³-hybridized carbons (Fsp3) is 0.333. The lowest BCUT2D eigenvalue weighted by Gasteiger charge is -2.30. The average molecular weight is 593 g/mol. The van der Waals surface area contributed by atoms with E-state index < -0.39 is 22.2 Å². The van der Waals surface area contributed by atoms with Crippen LogP contribution in [0.3, 0.4) is 0 Å². The van der Waals surface area contributed by atoms with Crippen molar-refractivity contribution >= 4 is 15.9 Å². The molecule has 42 heavy (non-hydrogen) atoms. The summed E-state index contributed by atoms with van der Waals surface area (Å²) in [7, 11) is -2.41. The number of aliphatic hydroxyl groups is 1. The van der Waals surface area contributed by atoms with Gasteiger partial charge in [-0.05, 0) is 54.3 Å². The second-order valence-electron chi connectivity index (χ2n) is 10.3. The number of ether oxygens (including phenoxy) is 1. The zero-order valence-corrected chi connectivity index (χ0v) is 24.7. The van der Waals surface area contributed by atoms with Crippen LogP contribution < -0.4 is 10.1 Å². The van der Waals surface area contributed by atoms with E-state index in [0.717, 1.165) is 5.56 Å². The fourth-order valence-corrected chi connectivity index (χ4v) is 6.12. The highest BCUT2D eigenvalue weighted by Crippen LogP contribution is 2.24. The van der Waals surface area contributed by atoms with Crippen LogP contribution in [0.1, 0.15) is 41.5 Å². The SMILES string of the molecule is COc1ccc(S(=O)(=O)N(CC(C)C)C[C@@H](O)[C@H](Cc2ccccc2)n2cc(CNC(=O)c3ccncc3)nn2)cc1. The molecular weight excluding hydrogens is 556 g/mol. The molecule has 11 nitrogen and oxygen atoms in total. The molecule has 2 aromatic heterocycles. The molecule has 1 amide bonds. The summed E-state index contributed by atoms with van der Waals surface area (Å²) in [5.74, 6) is 0.284. The topological polar surface area (TPSA) is 140 Å². The molecule has 2 atom stereocenters. The highest BCUT2D eigenvalue weighted by atomic mass is 32.2. The first kappa shape index (κ1) is 30.8. The predicted octanol–water partition coefficient (Wildman–Crippen LogP) is 3.10. The van der Waals surface area contributed by atoms with Crippen LogP contribution in [0.4, 0.5) is 0 Å². The minimum absolute atomic E-state index is 0.0137. The molecule has 2 heterocycles. The van der Waals surface area contributed by atoms with Crippen molar-refractivity contribution in [1.29, 1.82) is 0 Å². The summed E-state index contributed by atoms with van der Waals surface area (Å²) >= 11 is 0. The Kier molecular flexibility index (Phi) is 10.4. The zero-order valence-electron chi connectivity index (χ0n) is 23.9. The smallest absolute Gasteiger partial charge is 0.251 e. The number of aliphatic hydroxyl groups excluding tert-OH is 1. The van der Waals surface area contributed by atoms with Gasteiger partial charge in [0.2, 0.25) is 10.0 Å². The molecular formula is C30H36N6O5S. The zero-order chi connectivity index (χ0) is 30.1. The number of benzene rings is 2. The van der Waals surface area contributed by atoms with Crippen molar-refractivity contribution in [2.45, 2.75) is 43.9 Å². The number of amides is 1. The van der Waals surface area contributed by atoms with Crippen LogP contribution in [-0.2, 0) is 23.0 Å². The van der Waals surface area contributed by atoms with Crippen molar-refractivity contribution in [3.05, 3.63) is 102 Å². The lowest BCUT2D eigenvalue weighted by atomic mass is 10.0. The molecule has 0 spiro atoms. The molecule has 0 saturated carbocycles. The summed E-state index contributed by atoms with van der Waals surface area (Å²) in [6.07, 6.45) is 4.00. The highest BCUT2D eigenvalue weighted by molar-refractivity contribution is 7.89. The molecule has 0 unspecified atom stereocenters. The number of methoxy groups -OCH3 is 1. The molecule has 0 bridgehead atoms. The normalized spacial score (nSPS) is 13.2. The van der Waals surface area contributed by atoms with E-state index in [4.69, 9.17) is 4.74 Å². The van der Waals surface area contributed by atoms with Gasteiger partial charge in [0.05, 0.1) is 36.9 Å². The molecule has 222 valence electrons. The molecule has 0 saturated heterocycles. The molecule has 0 fully saturated rings.